The van der Waals surface area contributed by atoms with Gasteiger partial charge in [0.05, 0.1) is 18.4 Å². The summed E-state index contributed by atoms with van der Waals surface area (Å²) >= 11 is 3.27. The van der Waals surface area contributed by atoms with Gasteiger partial charge in [0.25, 0.3) is 0 Å². The van der Waals surface area contributed by atoms with Gasteiger partial charge in [-0.05, 0) is 6.07 Å². The minimum atomic E-state index is -1.02. The molecular weight excluding hydrogens is 324 g/mol. The summed E-state index contributed by atoms with van der Waals surface area (Å²) in [5.74, 6) is -3.11. The number of hydrogen-bond donors (Lipinski definition) is 0. The maximum Gasteiger partial charge on any atom is 0.340 e. The standard InChI is InChI=1S/C12H10BrF2NO3/c1-19-12(18)7-3-10(9(15)4-8(7)14)16-5-6(13)2-11(16)17/h3-4,6H,2,5H2,1H3. The van der Waals surface area contributed by atoms with E-state index < -0.39 is 23.2 Å². The van der Waals surface area contributed by atoms with Gasteiger partial charge in [0, 0.05) is 23.9 Å². The van der Waals surface area contributed by atoms with E-state index >= 15 is 0 Å². The summed E-state index contributed by atoms with van der Waals surface area (Å²) < 4.78 is 31.6. The molecule has 1 saturated heterocycles. The van der Waals surface area contributed by atoms with Gasteiger partial charge in [0.2, 0.25) is 5.91 Å². The summed E-state index contributed by atoms with van der Waals surface area (Å²) in [6.07, 6.45) is 0.227. The van der Waals surface area contributed by atoms with E-state index in [1.54, 1.807) is 0 Å². The van der Waals surface area contributed by atoms with E-state index in [0.717, 1.165) is 13.2 Å². The zero-order chi connectivity index (χ0) is 14.2. The minimum Gasteiger partial charge on any atom is -0.465 e. The van der Waals surface area contributed by atoms with Crippen molar-refractivity contribution < 1.29 is 23.1 Å². The summed E-state index contributed by atoms with van der Waals surface area (Å²) in [5.41, 5.74) is -0.515. The van der Waals surface area contributed by atoms with Crippen LogP contribution in [0.25, 0.3) is 0 Å². The van der Waals surface area contributed by atoms with Gasteiger partial charge in [-0.2, -0.15) is 0 Å². The van der Waals surface area contributed by atoms with Crippen molar-refractivity contribution in [2.45, 2.75) is 11.2 Å². The molecule has 0 saturated carbocycles. The number of methoxy groups -OCH3 is 1. The highest BCUT2D eigenvalue weighted by molar-refractivity contribution is 9.09. The Balaban J connectivity index is 2.46. The van der Waals surface area contributed by atoms with Crippen molar-refractivity contribution in [3.05, 3.63) is 29.3 Å². The van der Waals surface area contributed by atoms with E-state index in [-0.39, 0.29) is 29.4 Å². The van der Waals surface area contributed by atoms with Crippen molar-refractivity contribution in [2.24, 2.45) is 0 Å². The normalized spacial score (nSPS) is 18.8. The molecule has 0 radical (unpaired) electrons. The second-order valence-corrected chi connectivity index (χ2v) is 5.38. The molecule has 0 bridgehead atoms. The van der Waals surface area contributed by atoms with Gasteiger partial charge in [0.1, 0.15) is 11.6 Å². The molecule has 0 aromatic heterocycles. The fraction of sp³-hybridized carbons (Fsp3) is 0.333. The van der Waals surface area contributed by atoms with Crippen LogP contribution in [0.15, 0.2) is 12.1 Å². The van der Waals surface area contributed by atoms with E-state index in [2.05, 4.69) is 20.7 Å². The molecule has 0 aliphatic carbocycles. The summed E-state index contributed by atoms with van der Waals surface area (Å²) in [7, 11) is 1.10. The first-order valence-electron chi connectivity index (χ1n) is 5.45. The number of nitrogens with zero attached hydrogens (tertiary/aromatic N) is 1. The van der Waals surface area contributed by atoms with Crippen LogP contribution in [0.2, 0.25) is 0 Å². The lowest BCUT2D eigenvalue weighted by molar-refractivity contribution is -0.117. The van der Waals surface area contributed by atoms with E-state index in [1.165, 1.54) is 4.90 Å². The smallest absolute Gasteiger partial charge is 0.340 e. The molecule has 1 amide bonds. The number of alkyl halides is 1. The molecule has 2 rings (SSSR count). The summed E-state index contributed by atoms with van der Waals surface area (Å²) in [4.78, 5) is 24.1. The molecule has 1 aliphatic heterocycles. The average molecular weight is 334 g/mol. The Morgan fingerprint density at radius 1 is 1.42 bits per heavy atom. The van der Waals surface area contributed by atoms with Gasteiger partial charge in [0.15, 0.2) is 0 Å². The molecule has 19 heavy (non-hydrogen) atoms. The molecule has 1 fully saturated rings. The van der Waals surface area contributed by atoms with Crippen LogP contribution in [0.4, 0.5) is 14.5 Å². The predicted molar refractivity (Wildman–Crippen MR) is 67.4 cm³/mol. The molecule has 0 spiro atoms. The van der Waals surface area contributed by atoms with Crippen molar-refractivity contribution >= 4 is 33.5 Å². The van der Waals surface area contributed by atoms with Gasteiger partial charge in [-0.1, -0.05) is 15.9 Å². The van der Waals surface area contributed by atoms with Crippen LogP contribution in [0.5, 0.6) is 0 Å². The monoisotopic (exact) mass is 333 g/mol. The maximum atomic E-state index is 13.7. The Morgan fingerprint density at radius 2 is 2.11 bits per heavy atom. The largest absolute Gasteiger partial charge is 0.465 e. The molecule has 0 N–H and O–H groups in total. The van der Waals surface area contributed by atoms with Gasteiger partial charge in [-0.15, -0.1) is 0 Å². The number of anilines is 1. The minimum absolute atomic E-state index is 0.0916. The van der Waals surface area contributed by atoms with Crippen molar-refractivity contribution in [3.63, 3.8) is 0 Å². The van der Waals surface area contributed by atoms with Gasteiger partial charge < -0.3 is 9.64 Å². The number of benzene rings is 1. The summed E-state index contributed by atoms with van der Waals surface area (Å²) in [6, 6.07) is 1.58. The predicted octanol–water partition coefficient (Wildman–Crippen LogP) is 2.25. The Labute approximate surface area is 116 Å². The molecular formula is C12H10BrF2NO3. The van der Waals surface area contributed by atoms with Crippen molar-refractivity contribution in [2.75, 3.05) is 18.6 Å². The van der Waals surface area contributed by atoms with Crippen molar-refractivity contribution in [1.29, 1.82) is 0 Å². The second-order valence-electron chi connectivity index (χ2n) is 4.08. The zero-order valence-corrected chi connectivity index (χ0v) is 11.5. The van der Waals surface area contributed by atoms with E-state index in [4.69, 9.17) is 0 Å². The number of halogens is 3. The van der Waals surface area contributed by atoms with Gasteiger partial charge >= 0.3 is 5.97 Å². The molecule has 1 atom stereocenters. The quantitative estimate of drug-likeness (QED) is 0.616. The third kappa shape index (κ3) is 2.60. The van der Waals surface area contributed by atoms with Gasteiger partial charge in [-0.25, -0.2) is 13.6 Å². The number of rotatable bonds is 2. The number of carbonyl (C=O) groups excluding carboxylic acids is 2. The number of carbonyl (C=O) groups is 2. The van der Waals surface area contributed by atoms with Gasteiger partial charge in [-0.3, -0.25) is 4.79 Å². The van der Waals surface area contributed by atoms with Crippen LogP contribution in [-0.2, 0) is 9.53 Å². The third-order valence-electron chi connectivity index (χ3n) is 2.81. The number of ether oxygens (including phenoxy) is 1. The fourth-order valence-electron chi connectivity index (χ4n) is 1.91. The average Bonchev–Trinajstić information content (AvgIpc) is 2.67. The Kier molecular flexibility index (Phi) is 3.84. The number of hydrogen-bond acceptors (Lipinski definition) is 3. The maximum absolute atomic E-state index is 13.7. The highest BCUT2D eigenvalue weighted by Crippen LogP contribution is 2.29. The van der Waals surface area contributed by atoms with Crippen LogP contribution in [0, 0.1) is 11.6 Å². The lowest BCUT2D eigenvalue weighted by atomic mass is 10.1. The van der Waals surface area contributed by atoms with E-state index in [1.807, 2.05) is 0 Å². The molecule has 1 aromatic carbocycles. The zero-order valence-electron chi connectivity index (χ0n) is 9.95. The Morgan fingerprint density at radius 3 is 2.63 bits per heavy atom. The lowest BCUT2D eigenvalue weighted by Gasteiger charge is -2.17. The van der Waals surface area contributed by atoms with Crippen LogP contribution < -0.4 is 4.90 Å². The third-order valence-corrected chi connectivity index (χ3v) is 3.42. The van der Waals surface area contributed by atoms with E-state index in [0.29, 0.717) is 6.07 Å². The first-order chi connectivity index (χ1) is 8.93. The lowest BCUT2D eigenvalue weighted by Crippen LogP contribution is -2.26. The second kappa shape index (κ2) is 5.24. The number of amides is 1. The molecule has 4 nitrogen and oxygen atoms in total. The topological polar surface area (TPSA) is 46.6 Å². The highest BCUT2D eigenvalue weighted by atomic mass is 79.9. The Bertz CT molecular complexity index is 550. The molecule has 1 aliphatic rings. The fourth-order valence-corrected chi connectivity index (χ4v) is 2.47. The molecule has 1 aromatic rings. The van der Waals surface area contributed by atoms with Crippen LogP contribution in [-0.4, -0.2) is 30.4 Å². The first-order valence-corrected chi connectivity index (χ1v) is 6.37. The molecule has 1 heterocycles. The van der Waals surface area contributed by atoms with Crippen LogP contribution in [0.1, 0.15) is 16.8 Å². The highest BCUT2D eigenvalue weighted by Gasteiger charge is 2.31. The molecule has 1 unspecified atom stereocenters. The SMILES string of the molecule is COC(=O)c1cc(N2CC(Br)CC2=O)c(F)cc1F. The summed E-state index contributed by atoms with van der Waals surface area (Å²) in [5, 5.41) is 0. The van der Waals surface area contributed by atoms with Crippen LogP contribution in [0.3, 0.4) is 0 Å². The van der Waals surface area contributed by atoms with Crippen LogP contribution >= 0.6 is 15.9 Å². The molecule has 102 valence electrons. The number of esters is 1. The van der Waals surface area contributed by atoms with E-state index in [9.17, 15) is 18.4 Å². The van der Waals surface area contributed by atoms with Crippen molar-refractivity contribution in [1.82, 2.24) is 0 Å². The van der Waals surface area contributed by atoms with Crippen molar-refractivity contribution in [3.8, 4) is 0 Å². The summed E-state index contributed by atoms with van der Waals surface area (Å²) in [6.45, 7) is 0.266. The molecule has 7 heteroatoms. The Hall–Kier alpha value is -1.50. The first kappa shape index (κ1) is 13.9.